The van der Waals surface area contributed by atoms with Crippen LogP contribution in [0.4, 0.5) is 0 Å². The lowest BCUT2D eigenvalue weighted by Gasteiger charge is -2.15. The Bertz CT molecular complexity index is 1480. The first-order valence-corrected chi connectivity index (χ1v) is 16.7. The Kier molecular flexibility index (Phi) is 6.86. The van der Waals surface area contributed by atoms with Crippen molar-refractivity contribution in [2.24, 2.45) is 18.7 Å². The normalized spacial score (nSPS) is 18.5. The van der Waals surface area contributed by atoms with Crippen LogP contribution in [-0.4, -0.2) is 57.0 Å². The summed E-state index contributed by atoms with van der Waals surface area (Å²) >= 11 is 6.20. The number of nitrogens with one attached hydrogen (secondary N) is 1. The highest BCUT2D eigenvalue weighted by Crippen LogP contribution is 2.32. The van der Waals surface area contributed by atoms with E-state index in [1.54, 1.807) is 17.1 Å². The maximum absolute atomic E-state index is 13.4. The van der Waals surface area contributed by atoms with Crippen molar-refractivity contribution in [3.05, 3.63) is 41.2 Å². The average Bonchev–Trinajstić information content (AvgIpc) is 3.33. The minimum absolute atomic E-state index is 0.0190. The molecule has 3 atom stereocenters. The van der Waals surface area contributed by atoms with Gasteiger partial charge in [0.2, 0.25) is 0 Å². The summed E-state index contributed by atoms with van der Waals surface area (Å²) in [5, 5.41) is 9.34. The van der Waals surface area contributed by atoms with Crippen LogP contribution in [0.1, 0.15) is 23.7 Å². The summed E-state index contributed by atoms with van der Waals surface area (Å²) < 4.78 is 9.61. The maximum atomic E-state index is 13.4. The van der Waals surface area contributed by atoms with Crippen molar-refractivity contribution in [2.75, 3.05) is 6.61 Å². The van der Waals surface area contributed by atoms with Gasteiger partial charge in [-0.15, -0.1) is 0 Å². The van der Waals surface area contributed by atoms with Gasteiger partial charge in [-0.1, -0.05) is 31.2 Å². The molecule has 9 nitrogen and oxygen atoms in total. The fraction of sp³-hybridized carbons (Fsp3) is 0.462. The molecular formula is C26H34ClN7O2Si. The molecule has 0 bridgehead atoms. The van der Waals surface area contributed by atoms with E-state index in [4.69, 9.17) is 32.0 Å². The van der Waals surface area contributed by atoms with Crippen molar-refractivity contribution in [3.63, 3.8) is 0 Å². The zero-order valence-corrected chi connectivity index (χ0v) is 23.7. The van der Waals surface area contributed by atoms with Crippen molar-refractivity contribution < 1.29 is 9.53 Å². The number of rotatable bonds is 9. The van der Waals surface area contributed by atoms with E-state index in [9.17, 15) is 4.79 Å². The molecule has 1 fully saturated rings. The molecule has 3 aromatic heterocycles. The summed E-state index contributed by atoms with van der Waals surface area (Å²) in [4.78, 5) is 23.0. The van der Waals surface area contributed by atoms with E-state index < -0.39 is 8.07 Å². The molecule has 3 heterocycles. The number of benzene rings is 1. The number of hydrogen-bond donors (Lipinski definition) is 2. The van der Waals surface area contributed by atoms with Gasteiger partial charge in [-0.05, 0) is 43.5 Å². The van der Waals surface area contributed by atoms with Gasteiger partial charge in [-0.25, -0.2) is 9.97 Å². The Morgan fingerprint density at radius 3 is 2.81 bits per heavy atom. The van der Waals surface area contributed by atoms with E-state index in [-0.39, 0.29) is 18.0 Å². The number of carbonyl (C=O) groups is 1. The second-order valence-electron chi connectivity index (χ2n) is 11.2. The molecule has 0 aliphatic heterocycles. The van der Waals surface area contributed by atoms with Crippen LogP contribution in [0.15, 0.2) is 30.6 Å². The van der Waals surface area contributed by atoms with Gasteiger partial charge in [-0.3, -0.25) is 9.48 Å². The molecule has 0 spiro atoms. The lowest BCUT2D eigenvalue weighted by Crippen LogP contribution is -2.35. The summed E-state index contributed by atoms with van der Waals surface area (Å²) in [5.74, 6) is 0.108. The zero-order chi connectivity index (χ0) is 26.5. The molecule has 1 aromatic carbocycles. The first-order valence-electron chi connectivity index (χ1n) is 12.6. The van der Waals surface area contributed by atoms with Crippen LogP contribution in [0, 0.1) is 5.92 Å². The Morgan fingerprint density at radius 1 is 1.35 bits per heavy atom. The van der Waals surface area contributed by atoms with Crippen molar-refractivity contribution in [2.45, 2.75) is 57.8 Å². The Balaban J connectivity index is 1.51. The van der Waals surface area contributed by atoms with Crippen LogP contribution in [0.2, 0.25) is 30.7 Å². The highest BCUT2D eigenvalue weighted by Gasteiger charge is 2.39. The van der Waals surface area contributed by atoms with Crippen LogP contribution in [0.25, 0.3) is 33.5 Å². The minimum Gasteiger partial charge on any atom is -0.361 e. The number of ether oxygens (including phenoxy) is 1. The topological polar surface area (TPSA) is 113 Å². The number of aryl methyl sites for hydroxylation is 1. The average molecular weight is 540 g/mol. The van der Waals surface area contributed by atoms with E-state index in [2.05, 4.69) is 30.1 Å². The summed E-state index contributed by atoms with van der Waals surface area (Å²) in [6.07, 6.45) is 4.41. The van der Waals surface area contributed by atoms with Crippen molar-refractivity contribution >= 4 is 47.6 Å². The molecule has 196 valence electrons. The maximum Gasteiger partial charge on any atom is 0.255 e. The smallest absolute Gasteiger partial charge is 0.255 e. The molecule has 1 aliphatic rings. The molecule has 0 radical (unpaired) electrons. The Morgan fingerprint density at radius 2 is 2.11 bits per heavy atom. The summed E-state index contributed by atoms with van der Waals surface area (Å²) in [6, 6.07) is 6.82. The van der Waals surface area contributed by atoms with Crippen LogP contribution in [0.3, 0.4) is 0 Å². The highest BCUT2D eigenvalue weighted by molar-refractivity contribution is 6.76. The minimum atomic E-state index is -1.21. The van der Waals surface area contributed by atoms with Crippen molar-refractivity contribution in [1.29, 1.82) is 0 Å². The van der Waals surface area contributed by atoms with Gasteiger partial charge in [0.25, 0.3) is 5.91 Å². The van der Waals surface area contributed by atoms with Gasteiger partial charge in [0.1, 0.15) is 23.6 Å². The number of carbonyl (C=O) groups excluding carboxylic acids is 1. The van der Waals surface area contributed by atoms with Crippen LogP contribution in [-0.2, 0) is 18.5 Å². The lowest BCUT2D eigenvalue weighted by atomic mass is 10.1. The largest absolute Gasteiger partial charge is 0.361 e. The third-order valence-corrected chi connectivity index (χ3v) is 8.92. The molecule has 0 unspecified atom stereocenters. The Hall–Kier alpha value is -2.79. The van der Waals surface area contributed by atoms with Crippen LogP contribution >= 0.6 is 11.6 Å². The molecule has 4 aromatic rings. The zero-order valence-electron chi connectivity index (χ0n) is 22.0. The molecule has 5 rings (SSSR count). The molecule has 1 saturated carbocycles. The van der Waals surface area contributed by atoms with E-state index >= 15 is 0 Å². The van der Waals surface area contributed by atoms with Crippen molar-refractivity contribution in [3.8, 4) is 11.4 Å². The second kappa shape index (κ2) is 9.83. The number of halogens is 1. The highest BCUT2D eigenvalue weighted by atomic mass is 35.5. The van der Waals surface area contributed by atoms with Gasteiger partial charge >= 0.3 is 0 Å². The molecule has 37 heavy (non-hydrogen) atoms. The third kappa shape index (κ3) is 5.43. The van der Waals surface area contributed by atoms with E-state index in [1.807, 2.05) is 36.7 Å². The molecule has 1 amide bonds. The number of hydrogen-bond acceptors (Lipinski definition) is 6. The molecular weight excluding hydrogens is 506 g/mol. The monoisotopic (exact) mass is 539 g/mol. The number of nitrogens with two attached hydrogens (primary N) is 1. The number of nitrogens with zero attached hydrogens (tertiary/aromatic N) is 5. The molecule has 3 N–H and O–H groups in total. The van der Waals surface area contributed by atoms with Gasteiger partial charge in [0.15, 0.2) is 5.65 Å². The molecule has 11 heteroatoms. The third-order valence-electron chi connectivity index (χ3n) is 6.98. The molecule has 1 aliphatic carbocycles. The van der Waals surface area contributed by atoms with Crippen LogP contribution in [0.5, 0.6) is 0 Å². The van der Waals surface area contributed by atoms with E-state index in [1.165, 1.54) is 0 Å². The molecule has 0 saturated heterocycles. The lowest BCUT2D eigenvalue weighted by molar-refractivity contribution is 0.0889. The fourth-order valence-corrected chi connectivity index (χ4v) is 5.52. The first kappa shape index (κ1) is 25.8. The van der Waals surface area contributed by atoms with E-state index in [0.717, 1.165) is 23.4 Å². The summed E-state index contributed by atoms with van der Waals surface area (Å²) in [7, 11) is 0.653. The number of aromatic nitrogens is 5. The standard InChI is InChI=1S/C26H34ClN7O2Si/c1-15(18-11-20(18)28)30-26(35)19-13-34(14-36-8-9-37(3,4)5)25-24(19)31-21(12-29-25)23-17-7-6-16(27)10-22(17)33(2)32-23/h6-7,10,12-13,15,18,20H,8-9,11,14,28H2,1-5H3,(H,30,35)/t15-,18+,20+/m1/s1. The predicted octanol–water partition coefficient (Wildman–Crippen LogP) is 4.42. The second-order valence-corrected chi connectivity index (χ2v) is 17.3. The van der Waals surface area contributed by atoms with E-state index in [0.29, 0.717) is 52.4 Å². The van der Waals surface area contributed by atoms with Gasteiger partial charge < -0.3 is 20.4 Å². The summed E-state index contributed by atoms with van der Waals surface area (Å²) in [5.41, 5.74) is 9.75. The van der Waals surface area contributed by atoms with Gasteiger partial charge in [0.05, 0.1) is 17.3 Å². The SMILES string of the molecule is C[C@@H](NC(=O)c1cn(COCC[Si](C)(C)C)c2ncc(-c3nn(C)c4cc(Cl)ccc34)nc12)[C@@H]1C[C@@H]1N. The Labute approximate surface area is 222 Å². The predicted molar refractivity (Wildman–Crippen MR) is 149 cm³/mol. The number of fused-ring (bicyclic) bond motifs is 2. The van der Waals surface area contributed by atoms with Crippen molar-refractivity contribution in [1.82, 2.24) is 29.6 Å². The fourth-order valence-electron chi connectivity index (χ4n) is 4.59. The number of amides is 1. The van der Waals surface area contributed by atoms with Gasteiger partial charge in [-0.2, -0.15) is 5.10 Å². The van der Waals surface area contributed by atoms with Crippen LogP contribution < -0.4 is 11.1 Å². The first-order chi connectivity index (χ1) is 17.5. The quantitative estimate of drug-likeness (QED) is 0.240. The summed E-state index contributed by atoms with van der Waals surface area (Å²) in [6.45, 7) is 9.92. The van der Waals surface area contributed by atoms with Gasteiger partial charge in [0, 0.05) is 50.4 Å².